The normalized spacial score (nSPS) is 11.0. The van der Waals surface area contributed by atoms with Crippen LogP contribution in [0.15, 0.2) is 54.7 Å². The number of para-hydroxylation sites is 1. The first kappa shape index (κ1) is 17.0. The number of benzene rings is 2. The molecule has 3 rings (SSSR count). The summed E-state index contributed by atoms with van der Waals surface area (Å²) in [7, 11) is 5.95. The number of aromatic nitrogens is 1. The first-order valence-corrected chi connectivity index (χ1v) is 8.27. The molecule has 1 aromatic heterocycles. The van der Waals surface area contributed by atoms with E-state index >= 15 is 0 Å². The highest BCUT2D eigenvalue weighted by atomic mass is 16.5. The van der Waals surface area contributed by atoms with Crippen LogP contribution < -0.4 is 10.1 Å². The number of likely N-dealkylation sites (N-methyl/N-ethyl adjacent to an activating group) is 1. The molecule has 25 heavy (non-hydrogen) atoms. The van der Waals surface area contributed by atoms with E-state index in [-0.39, 0.29) is 5.91 Å². The Hall–Kier alpha value is -2.79. The fourth-order valence-electron chi connectivity index (χ4n) is 2.73. The molecule has 0 aliphatic heterocycles. The smallest absolute Gasteiger partial charge is 0.257 e. The molecule has 0 bridgehead atoms. The van der Waals surface area contributed by atoms with Gasteiger partial charge >= 0.3 is 0 Å². The number of hydrogen-bond acceptors (Lipinski definition) is 3. The van der Waals surface area contributed by atoms with E-state index in [1.165, 1.54) is 0 Å². The van der Waals surface area contributed by atoms with Crippen molar-refractivity contribution in [2.45, 2.75) is 0 Å². The number of carbonyl (C=O) groups is 1. The minimum atomic E-state index is -0.123. The average Bonchev–Trinajstić information content (AvgIpc) is 2.92. The number of rotatable bonds is 6. The van der Waals surface area contributed by atoms with E-state index in [0.717, 1.165) is 28.9 Å². The summed E-state index contributed by atoms with van der Waals surface area (Å²) in [6.45, 7) is 1.44. The summed E-state index contributed by atoms with van der Waals surface area (Å²) in [4.78, 5) is 14.7. The first-order chi connectivity index (χ1) is 12.0. The highest BCUT2D eigenvalue weighted by Gasteiger charge is 2.13. The number of ether oxygens (including phenoxy) is 1. The van der Waals surface area contributed by atoms with Gasteiger partial charge in [0.2, 0.25) is 0 Å². The number of nitrogens with one attached hydrogen (secondary N) is 1. The molecule has 0 atom stereocenters. The second kappa shape index (κ2) is 7.40. The van der Waals surface area contributed by atoms with Gasteiger partial charge in [-0.15, -0.1) is 0 Å². The zero-order valence-electron chi connectivity index (χ0n) is 14.8. The largest absolute Gasteiger partial charge is 0.492 e. The second-order valence-electron chi connectivity index (χ2n) is 6.30. The van der Waals surface area contributed by atoms with Crippen molar-refractivity contribution in [2.24, 2.45) is 7.05 Å². The summed E-state index contributed by atoms with van der Waals surface area (Å²) in [6, 6.07) is 15.4. The summed E-state index contributed by atoms with van der Waals surface area (Å²) >= 11 is 0. The molecular weight excluding hydrogens is 314 g/mol. The van der Waals surface area contributed by atoms with E-state index in [4.69, 9.17) is 4.74 Å². The SMILES string of the molecule is CN(C)CCOc1cccc(NC(=O)c2cn(C)c3ccccc23)c1. The van der Waals surface area contributed by atoms with Crippen LogP contribution in [0.5, 0.6) is 5.75 Å². The fraction of sp³-hybridized carbons (Fsp3) is 0.250. The standard InChI is InChI=1S/C20H23N3O2/c1-22(2)11-12-25-16-8-6-7-15(13-16)21-20(24)18-14-23(3)19-10-5-4-9-17(18)19/h4-10,13-14H,11-12H2,1-3H3,(H,21,24). The van der Waals surface area contributed by atoms with Crippen LogP contribution in [-0.2, 0) is 7.05 Å². The molecule has 1 amide bonds. The van der Waals surface area contributed by atoms with Crippen LogP contribution in [0.2, 0.25) is 0 Å². The molecule has 0 saturated carbocycles. The Kier molecular flexibility index (Phi) is 5.05. The van der Waals surface area contributed by atoms with Crippen LogP contribution in [0.25, 0.3) is 10.9 Å². The summed E-state index contributed by atoms with van der Waals surface area (Å²) < 4.78 is 7.69. The van der Waals surface area contributed by atoms with Gasteiger partial charge in [-0.1, -0.05) is 24.3 Å². The maximum Gasteiger partial charge on any atom is 0.257 e. The first-order valence-electron chi connectivity index (χ1n) is 8.27. The summed E-state index contributed by atoms with van der Waals surface area (Å²) in [5.74, 6) is 0.625. The van der Waals surface area contributed by atoms with Crippen molar-refractivity contribution >= 4 is 22.5 Å². The highest BCUT2D eigenvalue weighted by molar-refractivity contribution is 6.13. The van der Waals surface area contributed by atoms with Gasteiger partial charge in [-0.25, -0.2) is 0 Å². The van der Waals surface area contributed by atoms with Gasteiger partial charge < -0.3 is 19.5 Å². The Bertz CT molecular complexity index is 884. The van der Waals surface area contributed by atoms with Crippen LogP contribution in [-0.4, -0.2) is 42.6 Å². The second-order valence-corrected chi connectivity index (χ2v) is 6.30. The van der Waals surface area contributed by atoms with Gasteiger partial charge in [-0.3, -0.25) is 4.79 Å². The van der Waals surface area contributed by atoms with Gasteiger partial charge in [0.25, 0.3) is 5.91 Å². The minimum Gasteiger partial charge on any atom is -0.492 e. The third kappa shape index (κ3) is 4.00. The van der Waals surface area contributed by atoms with Crippen molar-refractivity contribution in [3.63, 3.8) is 0 Å². The van der Waals surface area contributed by atoms with Crippen LogP contribution in [0, 0.1) is 0 Å². The third-order valence-electron chi connectivity index (χ3n) is 4.04. The Labute approximate surface area is 147 Å². The van der Waals surface area contributed by atoms with E-state index in [0.29, 0.717) is 12.2 Å². The van der Waals surface area contributed by atoms with Gasteiger partial charge in [-0.2, -0.15) is 0 Å². The Morgan fingerprint density at radius 3 is 2.76 bits per heavy atom. The lowest BCUT2D eigenvalue weighted by molar-refractivity contribution is 0.102. The van der Waals surface area contributed by atoms with Crippen molar-refractivity contribution < 1.29 is 9.53 Å². The summed E-state index contributed by atoms with van der Waals surface area (Å²) in [5.41, 5.74) is 2.42. The van der Waals surface area contributed by atoms with Crippen molar-refractivity contribution in [3.8, 4) is 5.75 Å². The monoisotopic (exact) mass is 337 g/mol. The van der Waals surface area contributed by atoms with Gasteiger partial charge in [0, 0.05) is 42.4 Å². The van der Waals surface area contributed by atoms with E-state index in [1.807, 2.05) is 80.4 Å². The van der Waals surface area contributed by atoms with Crippen molar-refractivity contribution in [2.75, 3.05) is 32.6 Å². The fourth-order valence-corrected chi connectivity index (χ4v) is 2.73. The molecule has 0 aliphatic carbocycles. The van der Waals surface area contributed by atoms with Gasteiger partial charge in [0.05, 0.1) is 5.56 Å². The number of nitrogens with zero attached hydrogens (tertiary/aromatic N) is 2. The molecule has 0 radical (unpaired) electrons. The van der Waals surface area contributed by atoms with Crippen LogP contribution in [0.4, 0.5) is 5.69 Å². The third-order valence-corrected chi connectivity index (χ3v) is 4.04. The van der Waals surface area contributed by atoms with E-state index in [2.05, 4.69) is 10.2 Å². The minimum absolute atomic E-state index is 0.123. The zero-order valence-corrected chi connectivity index (χ0v) is 14.8. The number of anilines is 1. The predicted molar refractivity (Wildman–Crippen MR) is 101 cm³/mol. The van der Waals surface area contributed by atoms with E-state index in [9.17, 15) is 4.79 Å². The molecule has 0 saturated heterocycles. The number of hydrogen-bond donors (Lipinski definition) is 1. The zero-order chi connectivity index (χ0) is 17.8. The molecule has 5 heteroatoms. The molecule has 0 aliphatic rings. The van der Waals surface area contributed by atoms with Gasteiger partial charge in [0.1, 0.15) is 12.4 Å². The van der Waals surface area contributed by atoms with Gasteiger partial charge in [0.15, 0.2) is 0 Å². The Morgan fingerprint density at radius 1 is 1.16 bits per heavy atom. The van der Waals surface area contributed by atoms with E-state index < -0.39 is 0 Å². The summed E-state index contributed by atoms with van der Waals surface area (Å²) in [6.07, 6.45) is 1.86. The number of amides is 1. The topological polar surface area (TPSA) is 46.5 Å². The van der Waals surface area contributed by atoms with Crippen molar-refractivity contribution in [1.29, 1.82) is 0 Å². The molecule has 3 aromatic rings. The molecule has 0 fully saturated rings. The molecule has 130 valence electrons. The molecule has 1 N–H and O–H groups in total. The lowest BCUT2D eigenvalue weighted by Crippen LogP contribution is -2.19. The highest BCUT2D eigenvalue weighted by Crippen LogP contribution is 2.23. The lowest BCUT2D eigenvalue weighted by atomic mass is 10.1. The van der Waals surface area contributed by atoms with Crippen molar-refractivity contribution in [1.82, 2.24) is 9.47 Å². The number of fused-ring (bicyclic) bond motifs is 1. The molecule has 0 unspecified atom stereocenters. The van der Waals surface area contributed by atoms with Gasteiger partial charge in [-0.05, 0) is 32.3 Å². The summed E-state index contributed by atoms with van der Waals surface area (Å²) in [5, 5.41) is 3.91. The average molecular weight is 337 g/mol. The number of carbonyl (C=O) groups excluding carboxylic acids is 1. The molecule has 0 spiro atoms. The van der Waals surface area contributed by atoms with E-state index in [1.54, 1.807) is 0 Å². The quantitative estimate of drug-likeness (QED) is 0.750. The molecule has 2 aromatic carbocycles. The van der Waals surface area contributed by atoms with Crippen LogP contribution in [0.3, 0.4) is 0 Å². The van der Waals surface area contributed by atoms with Crippen molar-refractivity contribution in [3.05, 3.63) is 60.3 Å². The number of aryl methyl sites for hydroxylation is 1. The molecule has 1 heterocycles. The maximum atomic E-state index is 12.7. The van der Waals surface area contributed by atoms with Crippen LogP contribution in [0.1, 0.15) is 10.4 Å². The Balaban J connectivity index is 1.74. The maximum absolute atomic E-state index is 12.7. The molecule has 5 nitrogen and oxygen atoms in total. The predicted octanol–water partition coefficient (Wildman–Crippen LogP) is 3.37. The Morgan fingerprint density at radius 2 is 1.96 bits per heavy atom. The van der Waals surface area contributed by atoms with Crippen LogP contribution >= 0.6 is 0 Å². The lowest BCUT2D eigenvalue weighted by Gasteiger charge is -2.12. The molecular formula is C20H23N3O2.